The third-order valence-electron chi connectivity index (χ3n) is 4.09. The second-order valence-electron chi connectivity index (χ2n) is 5.91. The highest BCUT2D eigenvalue weighted by Crippen LogP contribution is 2.26. The lowest BCUT2D eigenvalue weighted by molar-refractivity contribution is 0.696. The van der Waals surface area contributed by atoms with Gasteiger partial charge in [-0.2, -0.15) is 0 Å². The smallest absolute Gasteiger partial charge is 0.0401 e. The van der Waals surface area contributed by atoms with E-state index in [0.717, 1.165) is 19.1 Å². The number of para-hydroxylation sites is 1. The van der Waals surface area contributed by atoms with Gasteiger partial charge in [-0.15, -0.1) is 0 Å². The number of nitrogens with zero attached hydrogens (tertiary/aromatic N) is 1. The second kappa shape index (κ2) is 5.79. The van der Waals surface area contributed by atoms with Gasteiger partial charge in [-0.3, -0.25) is 0 Å². The van der Waals surface area contributed by atoms with Gasteiger partial charge in [-0.1, -0.05) is 24.8 Å². The molecule has 1 aliphatic heterocycles. The van der Waals surface area contributed by atoms with Crippen LogP contribution in [0.3, 0.4) is 0 Å². The molecule has 0 radical (unpaired) electrons. The maximum Gasteiger partial charge on any atom is 0.0401 e. The summed E-state index contributed by atoms with van der Waals surface area (Å²) in [5.74, 6) is 0. The summed E-state index contributed by atoms with van der Waals surface area (Å²) in [7, 11) is 0. The van der Waals surface area contributed by atoms with Gasteiger partial charge in [-0.25, -0.2) is 0 Å². The molecule has 0 unspecified atom stereocenters. The Labute approximate surface area is 116 Å². The van der Waals surface area contributed by atoms with E-state index < -0.39 is 0 Å². The molecule has 0 aromatic heterocycles. The summed E-state index contributed by atoms with van der Waals surface area (Å²) in [5, 5.41) is 3.56. The first kappa shape index (κ1) is 12.7. The van der Waals surface area contributed by atoms with Crippen molar-refractivity contribution in [3.63, 3.8) is 0 Å². The highest BCUT2D eigenvalue weighted by Gasteiger charge is 2.21. The molecule has 1 aliphatic carbocycles. The van der Waals surface area contributed by atoms with Crippen molar-refractivity contribution >= 4 is 5.69 Å². The number of aryl methyl sites for hydroxylation is 1. The van der Waals surface area contributed by atoms with Crippen LogP contribution in [0.4, 0.5) is 5.69 Å². The van der Waals surface area contributed by atoms with Crippen molar-refractivity contribution in [1.82, 2.24) is 5.32 Å². The number of rotatable bonds is 5. The zero-order valence-electron chi connectivity index (χ0n) is 11.7. The van der Waals surface area contributed by atoms with Crippen molar-refractivity contribution in [3.05, 3.63) is 42.0 Å². The minimum absolute atomic E-state index is 0.771. The van der Waals surface area contributed by atoms with Crippen molar-refractivity contribution in [1.29, 1.82) is 0 Å². The van der Waals surface area contributed by atoms with Crippen molar-refractivity contribution in [2.45, 2.75) is 38.1 Å². The quantitative estimate of drug-likeness (QED) is 0.814. The summed E-state index contributed by atoms with van der Waals surface area (Å²) in [6.45, 7) is 7.39. The molecule has 1 aromatic carbocycles. The third kappa shape index (κ3) is 3.38. The Bertz CT molecular complexity index is 448. The summed E-state index contributed by atoms with van der Waals surface area (Å²) in [6.07, 6.45) is 6.51. The molecule has 0 saturated heterocycles. The fourth-order valence-electron chi connectivity index (χ4n) is 2.84. The van der Waals surface area contributed by atoms with E-state index in [1.165, 1.54) is 55.5 Å². The molecule has 2 nitrogen and oxygen atoms in total. The van der Waals surface area contributed by atoms with E-state index >= 15 is 0 Å². The number of hydrogen-bond donors (Lipinski definition) is 1. The van der Waals surface area contributed by atoms with Gasteiger partial charge in [0.2, 0.25) is 0 Å². The lowest BCUT2D eigenvalue weighted by Gasteiger charge is -2.26. The van der Waals surface area contributed by atoms with Gasteiger partial charge in [0.05, 0.1) is 0 Å². The Kier molecular flexibility index (Phi) is 3.88. The van der Waals surface area contributed by atoms with E-state index in [2.05, 4.69) is 41.1 Å². The van der Waals surface area contributed by atoms with Crippen molar-refractivity contribution in [2.75, 3.05) is 24.5 Å². The van der Waals surface area contributed by atoms with E-state index in [1.54, 1.807) is 0 Å². The normalized spacial score (nSPS) is 18.8. The number of benzene rings is 1. The first-order valence-corrected chi connectivity index (χ1v) is 7.56. The Morgan fingerprint density at radius 2 is 2.11 bits per heavy atom. The van der Waals surface area contributed by atoms with Crippen LogP contribution in [0.15, 0.2) is 36.4 Å². The second-order valence-corrected chi connectivity index (χ2v) is 5.91. The van der Waals surface area contributed by atoms with Crippen LogP contribution in [0, 0.1) is 0 Å². The SMILES string of the molecule is C=C(CNC1CC1)CN1CCCCc2ccccc21. The van der Waals surface area contributed by atoms with Crippen molar-refractivity contribution in [3.8, 4) is 0 Å². The van der Waals surface area contributed by atoms with Gasteiger partial charge in [-0.05, 0) is 49.3 Å². The molecule has 1 aromatic rings. The first-order chi connectivity index (χ1) is 9.33. The maximum atomic E-state index is 4.25. The molecule has 0 spiro atoms. The summed E-state index contributed by atoms with van der Waals surface area (Å²) in [4.78, 5) is 2.51. The molecule has 3 rings (SSSR count). The average molecular weight is 256 g/mol. The largest absolute Gasteiger partial charge is 0.367 e. The molecule has 19 heavy (non-hydrogen) atoms. The van der Waals surface area contributed by atoms with E-state index in [9.17, 15) is 0 Å². The van der Waals surface area contributed by atoms with Gasteiger partial charge < -0.3 is 10.2 Å². The molecule has 1 fully saturated rings. The predicted molar refractivity (Wildman–Crippen MR) is 81.8 cm³/mol. The number of fused-ring (bicyclic) bond motifs is 1. The van der Waals surface area contributed by atoms with Crippen LogP contribution in [-0.4, -0.2) is 25.7 Å². The lowest BCUT2D eigenvalue weighted by Crippen LogP contribution is -2.30. The first-order valence-electron chi connectivity index (χ1n) is 7.56. The number of nitrogens with one attached hydrogen (secondary N) is 1. The summed E-state index contributed by atoms with van der Waals surface area (Å²) in [5.41, 5.74) is 4.24. The molecular weight excluding hydrogens is 232 g/mol. The van der Waals surface area contributed by atoms with E-state index in [-0.39, 0.29) is 0 Å². The fraction of sp³-hybridized carbons (Fsp3) is 0.529. The van der Waals surface area contributed by atoms with Crippen LogP contribution in [-0.2, 0) is 6.42 Å². The highest BCUT2D eigenvalue weighted by atomic mass is 15.1. The van der Waals surface area contributed by atoms with Gasteiger partial charge in [0, 0.05) is 31.4 Å². The Morgan fingerprint density at radius 1 is 1.26 bits per heavy atom. The van der Waals surface area contributed by atoms with Crippen LogP contribution in [0.2, 0.25) is 0 Å². The average Bonchev–Trinajstić information content (AvgIpc) is 3.24. The number of hydrogen-bond acceptors (Lipinski definition) is 2. The van der Waals surface area contributed by atoms with Crippen molar-refractivity contribution in [2.24, 2.45) is 0 Å². The summed E-state index contributed by atoms with van der Waals surface area (Å²) < 4.78 is 0. The van der Waals surface area contributed by atoms with E-state index in [1.807, 2.05) is 0 Å². The molecule has 2 aliphatic rings. The zero-order valence-corrected chi connectivity index (χ0v) is 11.7. The van der Waals surface area contributed by atoms with E-state index in [0.29, 0.717) is 0 Å². The molecular formula is C17H24N2. The molecule has 0 atom stereocenters. The zero-order chi connectivity index (χ0) is 13.1. The Hall–Kier alpha value is -1.28. The summed E-state index contributed by atoms with van der Waals surface area (Å²) >= 11 is 0. The Morgan fingerprint density at radius 3 is 2.95 bits per heavy atom. The highest BCUT2D eigenvalue weighted by molar-refractivity contribution is 5.55. The van der Waals surface area contributed by atoms with Crippen LogP contribution in [0.5, 0.6) is 0 Å². The van der Waals surface area contributed by atoms with Gasteiger partial charge >= 0.3 is 0 Å². The number of anilines is 1. The molecule has 1 N–H and O–H groups in total. The fourth-order valence-corrected chi connectivity index (χ4v) is 2.84. The topological polar surface area (TPSA) is 15.3 Å². The van der Waals surface area contributed by atoms with Crippen LogP contribution in [0.1, 0.15) is 31.2 Å². The van der Waals surface area contributed by atoms with Crippen molar-refractivity contribution < 1.29 is 0 Å². The Balaban J connectivity index is 1.64. The summed E-state index contributed by atoms with van der Waals surface area (Å²) in [6, 6.07) is 9.63. The standard InChI is InChI=1S/C17H24N2/c1-14(12-18-16-9-10-16)13-19-11-5-4-7-15-6-2-3-8-17(15)19/h2-3,6,8,16,18H,1,4-5,7,9-13H2. The monoisotopic (exact) mass is 256 g/mol. The molecule has 0 amide bonds. The molecule has 2 heteroatoms. The van der Waals surface area contributed by atoms with E-state index in [4.69, 9.17) is 0 Å². The molecule has 1 heterocycles. The predicted octanol–water partition coefficient (Wildman–Crippen LogP) is 3.14. The third-order valence-corrected chi connectivity index (χ3v) is 4.09. The lowest BCUT2D eigenvalue weighted by atomic mass is 10.1. The maximum absolute atomic E-state index is 4.25. The van der Waals surface area contributed by atoms with Crippen LogP contribution >= 0.6 is 0 Å². The van der Waals surface area contributed by atoms with Crippen LogP contribution in [0.25, 0.3) is 0 Å². The minimum Gasteiger partial charge on any atom is -0.367 e. The molecule has 102 valence electrons. The molecule has 0 bridgehead atoms. The van der Waals surface area contributed by atoms with Gasteiger partial charge in [0.15, 0.2) is 0 Å². The van der Waals surface area contributed by atoms with Crippen LogP contribution < -0.4 is 10.2 Å². The van der Waals surface area contributed by atoms with Gasteiger partial charge in [0.25, 0.3) is 0 Å². The minimum atomic E-state index is 0.771. The van der Waals surface area contributed by atoms with Gasteiger partial charge in [0.1, 0.15) is 0 Å². The molecule has 1 saturated carbocycles.